The minimum atomic E-state index is -1.96. The van der Waals surface area contributed by atoms with Crippen LogP contribution in [0.2, 0.25) is 58.9 Å². The third-order valence-electron chi connectivity index (χ3n) is 5.11. The van der Waals surface area contributed by atoms with Gasteiger partial charge < -0.3 is 0 Å². The highest BCUT2D eigenvalue weighted by atomic mass is 29.9. The maximum absolute atomic E-state index is 15.7. The van der Waals surface area contributed by atoms with Crippen LogP contribution < -0.4 is 0 Å². The van der Waals surface area contributed by atoms with Gasteiger partial charge in [0.05, 0.1) is 5.45 Å². The lowest BCUT2D eigenvalue weighted by Crippen LogP contribution is -2.83. The van der Waals surface area contributed by atoms with E-state index in [0.29, 0.717) is 5.45 Å². The van der Waals surface area contributed by atoms with Gasteiger partial charge in [0, 0.05) is 22.8 Å². The van der Waals surface area contributed by atoms with Crippen LogP contribution in [0, 0.1) is 0 Å². The lowest BCUT2D eigenvalue weighted by molar-refractivity contribution is 0.651. The molecular formula is C17H41FSi4. The molecule has 0 bridgehead atoms. The average molecular weight is 377 g/mol. The van der Waals surface area contributed by atoms with Crippen molar-refractivity contribution in [1.29, 1.82) is 0 Å². The first-order chi connectivity index (χ1) is 9.73. The fourth-order valence-corrected chi connectivity index (χ4v) is 103. The molecule has 0 N–H and O–H groups in total. The van der Waals surface area contributed by atoms with Crippen LogP contribution in [-0.4, -0.2) is 29.4 Å². The molecule has 0 aliphatic carbocycles. The normalized spacial score (nSPS) is 15.3. The van der Waals surface area contributed by atoms with Gasteiger partial charge in [-0.05, 0) is 12.8 Å². The monoisotopic (exact) mass is 376 g/mol. The van der Waals surface area contributed by atoms with E-state index in [-0.39, 0.29) is 0 Å². The zero-order valence-corrected chi connectivity index (χ0v) is 21.0. The summed E-state index contributed by atoms with van der Waals surface area (Å²) < 4.78 is 15.7. The van der Waals surface area contributed by atoms with Crippen LogP contribution in [0.4, 0.5) is 4.39 Å². The van der Waals surface area contributed by atoms with E-state index in [1.54, 1.807) is 0 Å². The summed E-state index contributed by atoms with van der Waals surface area (Å²) in [4.78, 5) is 0. The van der Waals surface area contributed by atoms with E-state index in [9.17, 15) is 0 Å². The Morgan fingerprint density at radius 3 is 1.45 bits per heavy atom. The van der Waals surface area contributed by atoms with Crippen LogP contribution in [0.25, 0.3) is 0 Å². The van der Waals surface area contributed by atoms with Crippen molar-refractivity contribution in [3.8, 4) is 0 Å². The van der Waals surface area contributed by atoms with Gasteiger partial charge in [0.2, 0.25) is 0 Å². The zero-order valence-electron chi connectivity index (χ0n) is 17.0. The van der Waals surface area contributed by atoms with E-state index in [2.05, 4.69) is 71.9 Å². The molecule has 0 atom stereocenters. The third kappa shape index (κ3) is 4.77. The highest BCUT2D eigenvalue weighted by molar-refractivity contribution is 7.91. The second-order valence-corrected chi connectivity index (χ2v) is 50.1. The molecule has 0 unspecified atom stereocenters. The first-order valence-corrected chi connectivity index (χ1v) is 24.6. The largest absolute Gasteiger partial charge is 0.219 e. The molecule has 0 aliphatic heterocycles. The van der Waals surface area contributed by atoms with Gasteiger partial charge in [-0.3, -0.25) is 0 Å². The molecule has 0 spiro atoms. The predicted octanol–water partition coefficient (Wildman–Crippen LogP) is 7.05. The molecule has 0 aliphatic rings. The smallest absolute Gasteiger partial charge is 0.103 e. The van der Waals surface area contributed by atoms with E-state index < -0.39 is 29.4 Å². The molecule has 0 aromatic rings. The van der Waals surface area contributed by atoms with Crippen LogP contribution >= 0.6 is 0 Å². The number of unbranched alkanes of at least 4 members (excludes halogenated alkanes) is 4. The summed E-state index contributed by atoms with van der Waals surface area (Å²) in [5.74, 6) is 0. The summed E-state index contributed by atoms with van der Waals surface area (Å²) in [6.07, 6.45) is 7.96. The quantitative estimate of drug-likeness (QED) is 0.299. The summed E-state index contributed by atoms with van der Waals surface area (Å²) in [7, 11) is -4.58. The van der Waals surface area contributed by atoms with Crippen LogP contribution in [0.5, 0.6) is 0 Å². The van der Waals surface area contributed by atoms with E-state index >= 15 is 4.39 Å². The first kappa shape index (κ1) is 22.5. The maximum atomic E-state index is 15.7. The minimum absolute atomic E-state index is 0.418. The van der Waals surface area contributed by atoms with Crippen LogP contribution in [0.15, 0.2) is 11.5 Å². The molecule has 0 aromatic heterocycles. The van der Waals surface area contributed by atoms with Gasteiger partial charge in [0.25, 0.3) is 0 Å². The van der Waals surface area contributed by atoms with Crippen molar-refractivity contribution in [2.75, 3.05) is 0 Å². The van der Waals surface area contributed by atoms with Crippen molar-refractivity contribution >= 4 is 29.4 Å². The first-order valence-electron chi connectivity index (χ1n) is 9.09. The van der Waals surface area contributed by atoms with Crippen LogP contribution in [0.3, 0.4) is 0 Å². The molecule has 0 aromatic carbocycles. The van der Waals surface area contributed by atoms with Gasteiger partial charge in [-0.2, -0.15) is 0 Å². The van der Waals surface area contributed by atoms with Crippen molar-refractivity contribution in [3.05, 3.63) is 11.5 Å². The Morgan fingerprint density at radius 1 is 0.727 bits per heavy atom. The molecule has 132 valence electrons. The topological polar surface area (TPSA) is 0 Å². The van der Waals surface area contributed by atoms with Crippen molar-refractivity contribution in [3.63, 3.8) is 0 Å². The minimum Gasteiger partial charge on any atom is -0.219 e. The second-order valence-electron chi connectivity index (χ2n) is 9.90. The molecule has 0 amide bonds. The van der Waals surface area contributed by atoms with Crippen molar-refractivity contribution in [1.82, 2.24) is 0 Å². The average Bonchev–Trinajstić information content (AvgIpc) is 2.22. The molecular weight excluding hydrogens is 336 g/mol. The Hall–Kier alpha value is 0.538. The number of rotatable bonds is 9. The predicted molar refractivity (Wildman–Crippen MR) is 114 cm³/mol. The van der Waals surface area contributed by atoms with Crippen molar-refractivity contribution in [2.45, 2.75) is 98.0 Å². The second kappa shape index (κ2) is 8.08. The molecule has 0 nitrogen and oxygen atoms in total. The maximum Gasteiger partial charge on any atom is 0.103 e. The van der Waals surface area contributed by atoms with Gasteiger partial charge in [0.15, 0.2) is 0 Å². The molecule has 22 heavy (non-hydrogen) atoms. The number of hydrogen-bond donors (Lipinski definition) is 0. The van der Waals surface area contributed by atoms with Gasteiger partial charge in [-0.15, -0.1) is 0 Å². The van der Waals surface area contributed by atoms with E-state index in [0.717, 1.165) is 12.8 Å². The fourth-order valence-electron chi connectivity index (χ4n) is 5.40. The molecule has 5 heteroatoms. The lowest BCUT2D eigenvalue weighted by atomic mass is 10.2. The Balaban J connectivity index is 5.73. The van der Waals surface area contributed by atoms with Gasteiger partial charge in [-0.25, -0.2) is 4.39 Å². The number of allylic oxidation sites excluding steroid dienone is 1. The molecule has 0 radical (unpaired) electrons. The van der Waals surface area contributed by atoms with E-state index in [4.69, 9.17) is 0 Å². The lowest BCUT2D eigenvalue weighted by Gasteiger charge is -2.56. The summed E-state index contributed by atoms with van der Waals surface area (Å²) in [5.41, 5.74) is 0.418. The van der Waals surface area contributed by atoms with Gasteiger partial charge >= 0.3 is 0 Å². The van der Waals surface area contributed by atoms with E-state index in [1.165, 1.54) is 19.3 Å². The summed E-state index contributed by atoms with van der Waals surface area (Å²) in [6, 6.07) is 0. The molecule has 0 fully saturated rings. The van der Waals surface area contributed by atoms with Crippen LogP contribution in [-0.2, 0) is 0 Å². The molecule has 0 heterocycles. The summed E-state index contributed by atoms with van der Waals surface area (Å²) in [6.45, 7) is 22.4. The summed E-state index contributed by atoms with van der Waals surface area (Å²) in [5, 5.41) is 0. The number of hydrogen-bond acceptors (Lipinski definition) is 0. The number of halogens is 1. The van der Waals surface area contributed by atoms with Crippen molar-refractivity contribution in [2.24, 2.45) is 0 Å². The summed E-state index contributed by atoms with van der Waals surface area (Å²) >= 11 is 0. The third-order valence-corrected chi connectivity index (χ3v) is 75.7. The highest BCUT2D eigenvalue weighted by Gasteiger charge is 2.64. The van der Waals surface area contributed by atoms with Gasteiger partial charge in [0.1, 0.15) is 6.63 Å². The zero-order chi connectivity index (χ0) is 17.8. The molecule has 0 saturated heterocycles. The van der Waals surface area contributed by atoms with Gasteiger partial charge in [-0.1, -0.05) is 91.2 Å². The molecule has 0 rings (SSSR count). The molecule has 0 saturated carbocycles. The highest BCUT2D eigenvalue weighted by Crippen LogP contribution is 2.42. The van der Waals surface area contributed by atoms with Crippen LogP contribution in [0.1, 0.15) is 39.0 Å². The Kier molecular flexibility index (Phi) is 8.27. The standard InChI is InChI=1S/C17H41FSi4/c1-11-12-13-14-15-16-17(18)22(19(2,3)4,20(5,6)7)21(8,9)10/h16H,11-15H2,1-10H3/b17-16+. The fraction of sp³-hybridized carbons (Fsp3) is 0.882. The SMILES string of the molecule is CCCCCC/C=C(\F)[Si]([Si](C)(C)C)([Si](C)(C)C)[Si](C)(C)C. The van der Waals surface area contributed by atoms with Crippen molar-refractivity contribution < 1.29 is 4.39 Å². The van der Waals surface area contributed by atoms with E-state index in [1.807, 2.05) is 0 Å². The Bertz CT molecular complexity index is 334. The Labute approximate surface area is 143 Å². The Morgan fingerprint density at radius 2 is 1.14 bits per heavy atom.